The summed E-state index contributed by atoms with van der Waals surface area (Å²) in [6, 6.07) is 24.4. The molecular weight excluding hydrogens is 678 g/mol. The summed E-state index contributed by atoms with van der Waals surface area (Å²) in [5.41, 5.74) is 4.52. The molecule has 0 bridgehead atoms. The molecule has 0 saturated heterocycles. The number of benzene rings is 4. The number of para-hydroxylation sites is 1. The number of hydrogen-bond acceptors (Lipinski definition) is 11. The topological polar surface area (TPSA) is 132 Å². The second-order valence-corrected chi connectivity index (χ2v) is 12.3. The molecule has 1 amide bonds. The van der Waals surface area contributed by atoms with Crippen molar-refractivity contribution >= 4 is 11.6 Å². The predicted octanol–water partition coefficient (Wildman–Crippen LogP) is 8.31. The van der Waals surface area contributed by atoms with E-state index in [1.165, 1.54) is 0 Å². The molecule has 0 radical (unpaired) electrons. The zero-order valence-corrected chi connectivity index (χ0v) is 30.7. The molecule has 1 aliphatic rings. The smallest absolute Gasteiger partial charge is 0.255 e. The van der Waals surface area contributed by atoms with Crippen molar-refractivity contribution in [3.05, 3.63) is 90.0 Å². The first-order valence-corrected chi connectivity index (χ1v) is 17.5. The van der Waals surface area contributed by atoms with Gasteiger partial charge in [0.2, 0.25) is 5.75 Å². The minimum atomic E-state index is -0.363. The van der Waals surface area contributed by atoms with Gasteiger partial charge in [0.15, 0.2) is 40.3 Å². The van der Waals surface area contributed by atoms with Crippen molar-refractivity contribution in [2.24, 2.45) is 0 Å². The first-order chi connectivity index (χ1) is 26.0. The number of anilines is 1. The molecule has 53 heavy (non-hydrogen) atoms. The molecule has 1 aliphatic heterocycles. The molecule has 0 saturated carbocycles. The van der Waals surface area contributed by atoms with E-state index in [0.717, 1.165) is 54.5 Å². The third kappa shape index (κ3) is 8.54. The molecule has 1 unspecified atom stereocenters. The Balaban J connectivity index is 0.948. The Morgan fingerprint density at radius 1 is 0.604 bits per heavy atom. The van der Waals surface area contributed by atoms with Crippen molar-refractivity contribution in [3.8, 4) is 62.8 Å². The van der Waals surface area contributed by atoms with Gasteiger partial charge in [-0.1, -0.05) is 42.6 Å². The highest BCUT2D eigenvalue weighted by molar-refractivity contribution is 6.01. The second kappa shape index (κ2) is 17.5. The fraction of sp³-hybridized carbons (Fsp3) is 0.317. The lowest BCUT2D eigenvalue weighted by atomic mass is 10.1. The molecule has 0 aliphatic carbocycles. The number of amides is 1. The number of unbranched alkanes of at least 4 members (excludes halogenated alkanes) is 4. The zero-order chi connectivity index (χ0) is 37.2. The van der Waals surface area contributed by atoms with Gasteiger partial charge in [-0.25, -0.2) is 0 Å². The first kappa shape index (κ1) is 36.7. The van der Waals surface area contributed by atoms with Gasteiger partial charge in [-0.3, -0.25) is 4.79 Å². The van der Waals surface area contributed by atoms with Crippen LogP contribution in [0.4, 0.5) is 5.69 Å². The molecular formula is C41H45N3O9. The van der Waals surface area contributed by atoms with Crippen LogP contribution >= 0.6 is 0 Å². The van der Waals surface area contributed by atoms with Gasteiger partial charge >= 0.3 is 0 Å². The first-order valence-electron chi connectivity index (χ1n) is 17.5. The lowest BCUT2D eigenvalue weighted by Gasteiger charge is -2.28. The van der Waals surface area contributed by atoms with Crippen LogP contribution < -0.4 is 43.8 Å². The van der Waals surface area contributed by atoms with Gasteiger partial charge in [-0.15, -0.1) is 0 Å². The number of rotatable bonds is 18. The average Bonchev–Trinajstić information content (AvgIpc) is 3.70. The van der Waals surface area contributed by atoms with Crippen molar-refractivity contribution in [2.45, 2.75) is 38.3 Å². The van der Waals surface area contributed by atoms with E-state index in [9.17, 15) is 4.79 Å². The van der Waals surface area contributed by atoms with Gasteiger partial charge in [0.05, 0.1) is 54.3 Å². The van der Waals surface area contributed by atoms with Gasteiger partial charge in [-0.05, 0) is 73.0 Å². The van der Waals surface area contributed by atoms with Crippen LogP contribution in [0.15, 0.2) is 83.4 Å². The van der Waals surface area contributed by atoms with E-state index >= 15 is 0 Å². The highest BCUT2D eigenvalue weighted by Gasteiger charge is 2.25. The van der Waals surface area contributed by atoms with E-state index in [1.807, 2.05) is 72.8 Å². The van der Waals surface area contributed by atoms with Gasteiger partial charge < -0.3 is 48.3 Å². The molecule has 1 atom stereocenters. The third-order valence-corrected chi connectivity index (χ3v) is 8.99. The highest BCUT2D eigenvalue weighted by atomic mass is 16.5. The van der Waals surface area contributed by atoms with Crippen molar-refractivity contribution < 1.29 is 42.5 Å². The Kier molecular flexibility index (Phi) is 12.1. The summed E-state index contributed by atoms with van der Waals surface area (Å²) in [5.74, 6) is 4.56. The normalized spacial score (nSPS) is 13.3. The second-order valence-electron chi connectivity index (χ2n) is 12.3. The van der Waals surface area contributed by atoms with Crippen LogP contribution in [-0.4, -0.2) is 59.8 Å². The van der Waals surface area contributed by atoms with Crippen LogP contribution in [0, 0.1) is 0 Å². The van der Waals surface area contributed by atoms with Gasteiger partial charge in [0, 0.05) is 22.9 Å². The number of hydrogen-bond donors (Lipinski definition) is 2. The molecule has 5 aromatic rings. The molecule has 12 nitrogen and oxygen atoms in total. The number of carbonyl (C=O) groups is 1. The third-order valence-electron chi connectivity index (χ3n) is 8.99. The quantitative estimate of drug-likeness (QED) is 0.0846. The summed E-state index contributed by atoms with van der Waals surface area (Å²) in [5, 5.41) is 10.7. The monoisotopic (exact) mass is 723 g/mol. The molecule has 2 N–H and O–H groups in total. The summed E-state index contributed by atoms with van der Waals surface area (Å²) in [4.78, 5) is 12.6. The Labute approximate surface area is 309 Å². The molecule has 12 heteroatoms. The van der Waals surface area contributed by atoms with E-state index in [1.54, 1.807) is 41.6 Å². The van der Waals surface area contributed by atoms with E-state index in [4.69, 9.17) is 37.7 Å². The summed E-state index contributed by atoms with van der Waals surface area (Å²) < 4.78 is 45.5. The predicted molar refractivity (Wildman–Crippen MR) is 201 cm³/mol. The molecule has 2 heterocycles. The van der Waals surface area contributed by atoms with E-state index in [2.05, 4.69) is 15.8 Å². The number of methoxy groups -OCH3 is 5. The Bertz CT molecular complexity index is 1990. The van der Waals surface area contributed by atoms with Crippen LogP contribution in [0.1, 0.15) is 54.2 Å². The van der Waals surface area contributed by atoms with Crippen molar-refractivity contribution in [2.75, 3.05) is 54.1 Å². The number of fused-ring (bicyclic) bond motifs is 1. The minimum Gasteiger partial charge on any atom is -0.493 e. The summed E-state index contributed by atoms with van der Waals surface area (Å²) in [7, 11) is 7.94. The van der Waals surface area contributed by atoms with E-state index in [-0.39, 0.29) is 12.1 Å². The van der Waals surface area contributed by atoms with Crippen LogP contribution in [0.25, 0.3) is 22.6 Å². The summed E-state index contributed by atoms with van der Waals surface area (Å²) in [6.45, 7) is 1.13. The SMILES string of the molecule is COc1cc(C2NC(=O)c3ccccc3N2)ccc1OCCCCCCCOc1cc(-c2cc(-c3cc(OC)c(OC)c(OC)c3)on2)ccc1OC. The van der Waals surface area contributed by atoms with Crippen molar-refractivity contribution in [1.29, 1.82) is 0 Å². The Hall–Kier alpha value is -6.04. The molecule has 0 spiro atoms. The van der Waals surface area contributed by atoms with E-state index in [0.29, 0.717) is 70.5 Å². The van der Waals surface area contributed by atoms with Crippen LogP contribution in [0.5, 0.6) is 40.2 Å². The van der Waals surface area contributed by atoms with Crippen LogP contribution in [-0.2, 0) is 0 Å². The number of nitrogens with zero attached hydrogens (tertiary/aromatic N) is 1. The van der Waals surface area contributed by atoms with Gasteiger partial charge in [-0.2, -0.15) is 0 Å². The fourth-order valence-electron chi connectivity index (χ4n) is 6.18. The standard InChI is InChI=1S/C41H45N3O9/c1-46-32-17-15-26(31-25-34(53-44-31)28-23-37(48-3)39(50-5)38(24-28)49-4)21-36(32)52-20-12-8-6-7-11-19-51-33-18-16-27(22-35(33)47-2)40-42-30-14-10-9-13-29(30)41(45)43-40/h9-10,13-18,21-25,40,42H,6-8,11-12,19-20H2,1-5H3,(H,43,45). The largest absolute Gasteiger partial charge is 0.493 e. The molecule has 278 valence electrons. The summed E-state index contributed by atoms with van der Waals surface area (Å²) >= 11 is 0. The maximum atomic E-state index is 12.6. The Morgan fingerprint density at radius 2 is 1.25 bits per heavy atom. The van der Waals surface area contributed by atoms with Crippen molar-refractivity contribution in [1.82, 2.24) is 10.5 Å². The van der Waals surface area contributed by atoms with Gasteiger partial charge in [0.25, 0.3) is 5.91 Å². The zero-order valence-electron chi connectivity index (χ0n) is 30.7. The molecule has 1 aromatic heterocycles. The molecule has 4 aromatic carbocycles. The fourth-order valence-corrected chi connectivity index (χ4v) is 6.18. The maximum absolute atomic E-state index is 12.6. The van der Waals surface area contributed by atoms with Crippen molar-refractivity contribution in [3.63, 3.8) is 0 Å². The lowest BCUT2D eigenvalue weighted by Crippen LogP contribution is -2.38. The number of carbonyl (C=O) groups excluding carboxylic acids is 1. The number of aromatic nitrogens is 1. The number of ether oxygens (including phenoxy) is 7. The average molecular weight is 724 g/mol. The van der Waals surface area contributed by atoms with Gasteiger partial charge in [0.1, 0.15) is 11.9 Å². The maximum Gasteiger partial charge on any atom is 0.255 e. The summed E-state index contributed by atoms with van der Waals surface area (Å²) in [6.07, 6.45) is 4.54. The van der Waals surface area contributed by atoms with Crippen LogP contribution in [0.3, 0.4) is 0 Å². The molecule has 6 rings (SSSR count). The number of nitrogens with one attached hydrogen (secondary N) is 2. The highest BCUT2D eigenvalue weighted by Crippen LogP contribution is 2.42. The lowest BCUT2D eigenvalue weighted by molar-refractivity contribution is 0.0935. The van der Waals surface area contributed by atoms with E-state index < -0.39 is 0 Å². The Morgan fingerprint density at radius 3 is 1.94 bits per heavy atom. The minimum absolute atomic E-state index is 0.114. The molecule has 0 fully saturated rings. The van der Waals surface area contributed by atoms with Crippen LogP contribution in [0.2, 0.25) is 0 Å².